The quantitative estimate of drug-likeness (QED) is 0.873. The van der Waals surface area contributed by atoms with E-state index in [9.17, 15) is 9.18 Å². The number of aryl methyl sites for hydroxylation is 1. The van der Waals surface area contributed by atoms with E-state index in [2.05, 4.69) is 14.7 Å². The Morgan fingerprint density at radius 1 is 1.53 bits per heavy atom. The molecule has 7 heteroatoms. The third kappa shape index (κ3) is 3.25. The highest BCUT2D eigenvalue weighted by atomic mass is 32.1. The summed E-state index contributed by atoms with van der Waals surface area (Å²) in [6.45, 7) is 3.75. The first-order chi connectivity index (χ1) is 9.10. The Morgan fingerprint density at radius 2 is 2.32 bits per heavy atom. The van der Waals surface area contributed by atoms with Crippen LogP contribution in [0.5, 0.6) is 0 Å². The van der Waals surface area contributed by atoms with Crippen LogP contribution in [0.25, 0.3) is 0 Å². The van der Waals surface area contributed by atoms with Crippen LogP contribution in [0, 0.1) is 12.7 Å². The van der Waals surface area contributed by atoms with Gasteiger partial charge in [-0.1, -0.05) is 0 Å². The Hall–Kier alpha value is -2.02. The summed E-state index contributed by atoms with van der Waals surface area (Å²) in [5, 5.41) is 3.66. The van der Waals surface area contributed by atoms with E-state index in [1.165, 1.54) is 11.5 Å². The van der Waals surface area contributed by atoms with Gasteiger partial charge in [-0.25, -0.2) is 14.2 Å². The number of halogens is 1. The molecular formula is C12H12FN3O2S. The molecule has 19 heavy (non-hydrogen) atoms. The van der Waals surface area contributed by atoms with Gasteiger partial charge in [-0.15, -0.1) is 0 Å². The van der Waals surface area contributed by atoms with Crippen LogP contribution in [0.2, 0.25) is 0 Å². The highest BCUT2D eigenvalue weighted by molar-refractivity contribution is 7.10. The minimum absolute atomic E-state index is 0.0629. The Morgan fingerprint density at radius 3 is 2.95 bits per heavy atom. The molecule has 2 heterocycles. The van der Waals surface area contributed by atoms with Crippen molar-refractivity contribution in [2.24, 2.45) is 0 Å². The van der Waals surface area contributed by atoms with Gasteiger partial charge in [-0.3, -0.25) is 0 Å². The molecule has 100 valence electrons. The molecule has 2 aromatic rings. The lowest BCUT2D eigenvalue weighted by Crippen LogP contribution is -2.09. The first kappa shape index (κ1) is 13.4. The van der Waals surface area contributed by atoms with Crippen LogP contribution in [0.1, 0.15) is 23.0 Å². The van der Waals surface area contributed by atoms with Crippen molar-refractivity contribution >= 4 is 28.3 Å². The first-order valence-corrected chi connectivity index (χ1v) is 6.40. The second kappa shape index (κ2) is 5.75. The number of nitrogens with zero attached hydrogens (tertiary/aromatic N) is 2. The second-order valence-electron chi connectivity index (χ2n) is 3.73. The highest BCUT2D eigenvalue weighted by Gasteiger charge is 2.16. The fraction of sp³-hybridized carbons (Fsp3) is 0.250. The largest absolute Gasteiger partial charge is 0.462 e. The molecule has 0 aliphatic carbocycles. The molecule has 0 fully saturated rings. The van der Waals surface area contributed by atoms with Gasteiger partial charge in [0.2, 0.25) is 0 Å². The van der Waals surface area contributed by atoms with Crippen LogP contribution in [-0.4, -0.2) is 21.9 Å². The van der Waals surface area contributed by atoms with Gasteiger partial charge in [0.15, 0.2) is 0 Å². The standard InChI is InChI=1S/C12H12FN3O2S/c1-3-18-12(17)9-5-8(13)6-14-11(9)15-10-4-7(2)16-19-10/h4-6H,3H2,1-2H3,(H,14,15). The third-order valence-electron chi connectivity index (χ3n) is 2.22. The minimum Gasteiger partial charge on any atom is -0.462 e. The van der Waals surface area contributed by atoms with Crippen molar-refractivity contribution in [2.45, 2.75) is 13.8 Å². The molecule has 0 saturated carbocycles. The number of rotatable bonds is 4. The van der Waals surface area contributed by atoms with Crippen molar-refractivity contribution in [3.05, 3.63) is 35.4 Å². The zero-order valence-electron chi connectivity index (χ0n) is 10.4. The van der Waals surface area contributed by atoms with Crippen LogP contribution in [0.4, 0.5) is 15.2 Å². The number of carbonyl (C=O) groups is 1. The number of hydrogen-bond donors (Lipinski definition) is 1. The van der Waals surface area contributed by atoms with Crippen molar-refractivity contribution < 1.29 is 13.9 Å². The zero-order valence-corrected chi connectivity index (χ0v) is 11.3. The van der Waals surface area contributed by atoms with Crippen LogP contribution in [0.15, 0.2) is 18.3 Å². The van der Waals surface area contributed by atoms with Gasteiger partial charge in [0, 0.05) is 0 Å². The highest BCUT2D eigenvalue weighted by Crippen LogP contribution is 2.23. The Kier molecular flexibility index (Phi) is 4.06. The molecular weight excluding hydrogens is 269 g/mol. The number of esters is 1. The maximum absolute atomic E-state index is 13.2. The van der Waals surface area contributed by atoms with E-state index in [4.69, 9.17) is 4.74 Å². The molecule has 1 N–H and O–H groups in total. The van der Waals surface area contributed by atoms with Gasteiger partial charge in [-0.2, -0.15) is 4.37 Å². The molecule has 0 atom stereocenters. The van der Waals surface area contributed by atoms with Gasteiger partial charge >= 0.3 is 5.97 Å². The monoisotopic (exact) mass is 281 g/mol. The molecule has 0 aliphatic heterocycles. The van der Waals surface area contributed by atoms with Crippen molar-refractivity contribution in [2.75, 3.05) is 11.9 Å². The van der Waals surface area contributed by atoms with Crippen LogP contribution < -0.4 is 5.32 Å². The summed E-state index contributed by atoms with van der Waals surface area (Å²) in [6.07, 6.45) is 1.04. The summed E-state index contributed by atoms with van der Waals surface area (Å²) in [5.74, 6) is -0.948. The second-order valence-corrected chi connectivity index (χ2v) is 4.53. The van der Waals surface area contributed by atoms with Gasteiger partial charge in [0.25, 0.3) is 0 Å². The van der Waals surface area contributed by atoms with Gasteiger partial charge in [0.1, 0.15) is 22.2 Å². The minimum atomic E-state index is -0.613. The summed E-state index contributed by atoms with van der Waals surface area (Å²) in [7, 11) is 0. The van der Waals surface area contributed by atoms with E-state index >= 15 is 0 Å². The van der Waals surface area contributed by atoms with Crippen molar-refractivity contribution in [3.8, 4) is 0 Å². The van der Waals surface area contributed by atoms with Crippen LogP contribution in [0.3, 0.4) is 0 Å². The van der Waals surface area contributed by atoms with Crippen LogP contribution >= 0.6 is 11.5 Å². The Bertz CT molecular complexity index is 600. The van der Waals surface area contributed by atoms with E-state index in [0.717, 1.165) is 23.0 Å². The molecule has 5 nitrogen and oxygen atoms in total. The van der Waals surface area contributed by atoms with Crippen molar-refractivity contribution in [1.29, 1.82) is 0 Å². The number of hydrogen-bond acceptors (Lipinski definition) is 6. The molecule has 2 rings (SSSR count). The molecule has 0 amide bonds. The molecule has 0 saturated heterocycles. The Labute approximate surface area is 113 Å². The predicted octanol–water partition coefficient (Wildman–Crippen LogP) is 2.91. The topological polar surface area (TPSA) is 64.1 Å². The molecule has 0 unspecified atom stereocenters. The first-order valence-electron chi connectivity index (χ1n) is 5.63. The van der Waals surface area contributed by atoms with E-state index in [0.29, 0.717) is 0 Å². The average Bonchev–Trinajstić information content (AvgIpc) is 2.77. The number of carbonyl (C=O) groups excluding carboxylic acids is 1. The average molecular weight is 281 g/mol. The molecule has 0 aliphatic rings. The molecule has 0 bridgehead atoms. The third-order valence-corrected chi connectivity index (χ3v) is 3.02. The molecule has 2 aromatic heterocycles. The summed E-state index contributed by atoms with van der Waals surface area (Å²) in [5.41, 5.74) is 0.917. The summed E-state index contributed by atoms with van der Waals surface area (Å²) >= 11 is 1.24. The number of ether oxygens (including phenoxy) is 1. The smallest absolute Gasteiger partial charge is 0.342 e. The lowest BCUT2D eigenvalue weighted by Gasteiger charge is -2.08. The van der Waals surface area contributed by atoms with E-state index in [-0.39, 0.29) is 18.0 Å². The number of pyridine rings is 1. The SMILES string of the molecule is CCOC(=O)c1cc(F)cnc1Nc1cc(C)ns1. The van der Waals surface area contributed by atoms with Crippen molar-refractivity contribution in [3.63, 3.8) is 0 Å². The molecule has 0 aromatic carbocycles. The fourth-order valence-electron chi connectivity index (χ4n) is 1.44. The predicted molar refractivity (Wildman–Crippen MR) is 70.3 cm³/mol. The molecule has 0 spiro atoms. The maximum atomic E-state index is 13.2. The van der Waals surface area contributed by atoms with Crippen LogP contribution in [-0.2, 0) is 4.74 Å². The number of aromatic nitrogens is 2. The summed E-state index contributed by atoms with van der Waals surface area (Å²) in [4.78, 5) is 15.6. The lowest BCUT2D eigenvalue weighted by atomic mass is 10.2. The van der Waals surface area contributed by atoms with E-state index < -0.39 is 11.8 Å². The molecule has 0 radical (unpaired) electrons. The summed E-state index contributed by atoms with van der Waals surface area (Å²) in [6, 6.07) is 2.91. The maximum Gasteiger partial charge on any atom is 0.342 e. The van der Waals surface area contributed by atoms with Crippen molar-refractivity contribution in [1.82, 2.24) is 9.36 Å². The Balaban J connectivity index is 2.31. The zero-order chi connectivity index (χ0) is 13.8. The van der Waals surface area contributed by atoms with Gasteiger partial charge in [-0.05, 0) is 37.5 Å². The van der Waals surface area contributed by atoms with E-state index in [1.807, 2.05) is 13.0 Å². The van der Waals surface area contributed by atoms with Gasteiger partial charge < -0.3 is 10.1 Å². The summed E-state index contributed by atoms with van der Waals surface area (Å²) < 4.78 is 22.2. The normalized spacial score (nSPS) is 10.3. The number of anilines is 2. The number of nitrogens with one attached hydrogen (secondary N) is 1. The van der Waals surface area contributed by atoms with Gasteiger partial charge in [0.05, 0.1) is 18.5 Å². The fourth-order valence-corrected chi connectivity index (χ4v) is 2.10. The lowest BCUT2D eigenvalue weighted by molar-refractivity contribution is 0.0526. The van der Waals surface area contributed by atoms with E-state index in [1.54, 1.807) is 6.92 Å².